The summed E-state index contributed by atoms with van der Waals surface area (Å²) in [4.78, 5) is -1.20. The van der Waals surface area contributed by atoms with E-state index in [2.05, 4.69) is 2.51 Å². The second-order valence-electron chi connectivity index (χ2n) is 13.9. The van der Waals surface area contributed by atoms with E-state index >= 15 is 8.78 Å². The normalized spacial score (nSPS) is 14.7. The number of rotatable bonds is 18. The third-order valence-electron chi connectivity index (χ3n) is 9.30. The summed E-state index contributed by atoms with van der Waals surface area (Å²) in [5, 5.41) is -14.4. The summed E-state index contributed by atoms with van der Waals surface area (Å²) in [6.07, 6.45) is -14.9. The van der Waals surface area contributed by atoms with E-state index in [1.807, 2.05) is 0 Å². The summed E-state index contributed by atoms with van der Waals surface area (Å²) in [5.41, 5.74) is 0.550. The molecule has 5 rings (SSSR count). The molecule has 0 bridgehead atoms. The molecule has 0 atom stereocenters. The fraction of sp³-hybridized carbons (Fsp3) is 0.250. The fourth-order valence-corrected chi connectivity index (χ4v) is 18.1. The van der Waals surface area contributed by atoms with Crippen LogP contribution in [0.1, 0.15) is 16.7 Å². The second kappa shape index (κ2) is 18.8. The summed E-state index contributed by atoms with van der Waals surface area (Å²) in [6, 6.07) is 27.2. The molecule has 0 heterocycles. The van der Waals surface area contributed by atoms with E-state index in [4.69, 9.17) is 3.63 Å². The first kappa shape index (κ1) is 54.7. The van der Waals surface area contributed by atoms with E-state index in [1.165, 1.54) is 91.0 Å². The van der Waals surface area contributed by atoms with Crippen molar-refractivity contribution in [1.29, 1.82) is 0 Å². The Morgan fingerprint density at radius 2 is 0.721 bits per heavy atom. The van der Waals surface area contributed by atoms with Crippen molar-refractivity contribution in [2.75, 3.05) is 0 Å². The average Bonchev–Trinajstić information content (AvgIpc) is 3.25. The van der Waals surface area contributed by atoms with Crippen molar-refractivity contribution in [3.63, 3.8) is 0 Å². The van der Waals surface area contributed by atoms with Crippen LogP contribution in [0.25, 0.3) is 0 Å². The topological polar surface area (TPSA) is 86.7 Å². The van der Waals surface area contributed by atoms with Gasteiger partial charge in [-0.1, -0.05) is 36.4 Å². The summed E-state index contributed by atoms with van der Waals surface area (Å²) < 4.78 is 310. The van der Waals surface area contributed by atoms with Gasteiger partial charge >= 0.3 is 300 Å². The molecule has 0 saturated heterocycles. The molecule has 0 fully saturated rings. The van der Waals surface area contributed by atoms with Gasteiger partial charge in [0.15, 0.2) is 0 Å². The first-order valence-corrected chi connectivity index (χ1v) is 26.0. The molecule has 0 radical (unpaired) electrons. The molecule has 0 unspecified atom stereocenters. The molecule has 0 N–H and O–H groups in total. The van der Waals surface area contributed by atoms with Crippen LogP contribution in [0.15, 0.2) is 154 Å². The number of hydrogen-bond donors (Lipinski definition) is 0. The Hall–Kier alpha value is -4.26. The molecule has 6 nitrogen and oxygen atoms in total. The Kier molecular flexibility index (Phi) is 15.1. The van der Waals surface area contributed by atoms with Gasteiger partial charge in [0.05, 0.1) is 0 Å². The molecular weight excluding hydrogens is 1140 g/mol. The molecule has 0 aliphatic rings. The van der Waals surface area contributed by atoms with E-state index in [1.54, 1.807) is 0 Å². The van der Waals surface area contributed by atoms with Gasteiger partial charge in [-0.25, -0.2) is 0 Å². The number of hydrogen-bond acceptors (Lipinski definition) is 6. The Bertz CT molecular complexity index is 2710. The molecular formula is C40H27F18IO6S3. The minimum absolute atomic E-state index is 0.130. The Morgan fingerprint density at radius 1 is 0.382 bits per heavy atom. The summed E-state index contributed by atoms with van der Waals surface area (Å²) in [6.45, 7) is 0. The third kappa shape index (κ3) is 9.76. The SMILES string of the molecule is O=S(=O)(OI(Cc1ccccc1)c1ccc(Cc2ccc(S(OS(=O)(=O)C(F)(F)C(F)(F)C(F)(F)C(F)(F)F)(c3ccccc3)c3ccccc3)cc2)cc1)C(F)(F)C(F)(F)C(F)(F)C(F)(F)F. The maximum atomic E-state index is 15.2. The van der Waals surface area contributed by atoms with Crippen LogP contribution in [0.3, 0.4) is 0 Å². The van der Waals surface area contributed by atoms with Gasteiger partial charge in [0.1, 0.15) is 0 Å². The fourth-order valence-electron chi connectivity index (χ4n) is 5.72. The van der Waals surface area contributed by atoms with Crippen molar-refractivity contribution in [3.05, 3.63) is 160 Å². The van der Waals surface area contributed by atoms with Crippen molar-refractivity contribution in [3.8, 4) is 0 Å². The molecule has 0 amide bonds. The molecule has 0 saturated carbocycles. The molecule has 68 heavy (non-hydrogen) atoms. The van der Waals surface area contributed by atoms with Gasteiger partial charge in [-0.2, -0.15) is 47.9 Å². The van der Waals surface area contributed by atoms with Gasteiger partial charge in [-0.3, -0.25) is 0 Å². The van der Waals surface area contributed by atoms with Crippen LogP contribution in [0.4, 0.5) is 79.0 Å². The predicted molar refractivity (Wildman–Crippen MR) is 216 cm³/mol. The zero-order chi connectivity index (χ0) is 51.2. The van der Waals surface area contributed by atoms with Crippen LogP contribution >= 0.6 is 30.5 Å². The second-order valence-corrected chi connectivity index (χ2v) is 24.9. The molecule has 0 spiro atoms. The average molecular weight is 1170 g/mol. The summed E-state index contributed by atoms with van der Waals surface area (Å²) >= 11 is -4.39. The Morgan fingerprint density at radius 3 is 1.10 bits per heavy atom. The van der Waals surface area contributed by atoms with Crippen LogP contribution in [-0.4, -0.2) is 63.4 Å². The molecule has 374 valence electrons. The monoisotopic (exact) mass is 1170 g/mol. The van der Waals surface area contributed by atoms with Crippen LogP contribution in [0.2, 0.25) is 0 Å². The van der Waals surface area contributed by atoms with Crippen molar-refractivity contribution in [2.24, 2.45) is 0 Å². The van der Waals surface area contributed by atoms with Crippen LogP contribution in [-0.2, 0) is 37.2 Å². The van der Waals surface area contributed by atoms with Crippen molar-refractivity contribution < 1.29 is 102 Å². The quantitative estimate of drug-likeness (QED) is 0.0494. The van der Waals surface area contributed by atoms with E-state index in [0.29, 0.717) is 0 Å². The van der Waals surface area contributed by atoms with Crippen LogP contribution in [0.5, 0.6) is 0 Å². The maximum absolute atomic E-state index is 15.2. The van der Waals surface area contributed by atoms with Gasteiger partial charge in [0, 0.05) is 0 Å². The molecule has 0 aliphatic heterocycles. The molecule has 0 aliphatic carbocycles. The van der Waals surface area contributed by atoms with Gasteiger partial charge in [0.25, 0.3) is 0 Å². The van der Waals surface area contributed by atoms with Crippen LogP contribution in [0, 0.1) is 3.57 Å². The molecule has 28 heteroatoms. The van der Waals surface area contributed by atoms with E-state index in [-0.39, 0.29) is 36.5 Å². The Labute approximate surface area is 383 Å². The zero-order valence-corrected chi connectivity index (χ0v) is 37.7. The Balaban J connectivity index is 1.53. The molecule has 5 aromatic rings. The summed E-state index contributed by atoms with van der Waals surface area (Å²) in [7, 11) is -19.2. The number of benzene rings is 5. The predicted octanol–water partition coefficient (Wildman–Crippen LogP) is 13.8. The van der Waals surface area contributed by atoms with Gasteiger partial charge in [-0.05, 0) is 0 Å². The standard InChI is InChI=1S/C40H27F18IO6S3/c41-33(42,37(49,50)51)35(45,46)39(55,56)67(60,61)64-59(25-28-10-4-1-5-11-28)29-20-16-26(17-21-29)24-27-18-22-32(23-19-27)66(30-12-6-2-7-13-30,31-14-8-3-9-15-31)65-68(62,63)40(57,58)36(47,48)34(43,44)38(52,53)54/h1-23H,24-25H2. The van der Waals surface area contributed by atoms with E-state index in [9.17, 15) is 87.1 Å². The van der Waals surface area contributed by atoms with E-state index < -0.39 is 107 Å². The van der Waals surface area contributed by atoms with Crippen LogP contribution < -0.4 is 0 Å². The van der Waals surface area contributed by atoms with Gasteiger partial charge in [-0.15, -0.1) is 0 Å². The number of halogens is 19. The first-order chi connectivity index (χ1) is 31.0. The first-order valence-electron chi connectivity index (χ1n) is 18.1. The van der Waals surface area contributed by atoms with Gasteiger partial charge < -0.3 is 0 Å². The third-order valence-corrected chi connectivity index (χ3v) is 22.1. The van der Waals surface area contributed by atoms with Crippen molar-refractivity contribution in [2.45, 2.75) is 72.1 Å². The van der Waals surface area contributed by atoms with E-state index in [0.717, 1.165) is 48.5 Å². The molecule has 5 aromatic carbocycles. The van der Waals surface area contributed by atoms with Crippen molar-refractivity contribution >= 4 is 50.8 Å². The number of alkyl halides is 19. The summed E-state index contributed by atoms with van der Waals surface area (Å²) in [5.74, 6) is -30.4. The molecule has 0 aromatic heterocycles. The van der Waals surface area contributed by atoms with Gasteiger partial charge in [0.2, 0.25) is 0 Å². The minimum atomic E-state index is -7.64. The zero-order valence-electron chi connectivity index (χ0n) is 33.0. The van der Waals surface area contributed by atoms with Crippen molar-refractivity contribution in [1.82, 2.24) is 0 Å².